The topological polar surface area (TPSA) is 86.8 Å². The Morgan fingerprint density at radius 1 is 0.950 bits per heavy atom. The van der Waals surface area contributed by atoms with E-state index in [1.165, 1.54) is 9.80 Å². The maximum Gasteiger partial charge on any atom is 0.243 e. The molecule has 1 heterocycles. The quantitative estimate of drug-likeness (QED) is 0.325. The van der Waals surface area contributed by atoms with Crippen LogP contribution in [0.15, 0.2) is 60.7 Å². The van der Waals surface area contributed by atoms with Crippen LogP contribution in [-0.4, -0.2) is 51.6 Å². The smallest absolute Gasteiger partial charge is 0.243 e. The molecule has 2 aromatic rings. The van der Waals surface area contributed by atoms with Crippen molar-refractivity contribution in [2.45, 2.75) is 64.6 Å². The van der Waals surface area contributed by atoms with E-state index in [0.29, 0.717) is 28.5 Å². The van der Waals surface area contributed by atoms with Crippen molar-refractivity contribution in [3.05, 3.63) is 81.9 Å². The highest BCUT2D eigenvalue weighted by molar-refractivity contribution is 6.36. The van der Waals surface area contributed by atoms with E-state index >= 15 is 0 Å². The summed E-state index contributed by atoms with van der Waals surface area (Å²) >= 11 is 13.0. The lowest BCUT2D eigenvalue weighted by Gasteiger charge is -2.34. The molecule has 1 unspecified atom stereocenters. The van der Waals surface area contributed by atoms with E-state index in [-0.39, 0.29) is 61.4 Å². The second kappa shape index (κ2) is 12.6. The minimum atomic E-state index is -0.891. The molecule has 3 atom stereocenters. The monoisotopic (exact) mass is 583 g/mol. The van der Waals surface area contributed by atoms with E-state index in [1.54, 1.807) is 18.2 Å². The van der Waals surface area contributed by atoms with Gasteiger partial charge in [0.05, 0.1) is 11.8 Å². The Morgan fingerprint density at radius 2 is 1.52 bits per heavy atom. The summed E-state index contributed by atoms with van der Waals surface area (Å²) in [4.78, 5) is 56.3. The molecular formula is C31H35Cl2N3O4. The molecule has 0 spiro atoms. The highest BCUT2D eigenvalue weighted by Crippen LogP contribution is 2.35. The third kappa shape index (κ3) is 6.94. The van der Waals surface area contributed by atoms with Crippen molar-refractivity contribution in [1.82, 2.24) is 15.1 Å². The van der Waals surface area contributed by atoms with E-state index < -0.39 is 11.6 Å². The normalized spacial score (nSPS) is 19.4. The van der Waals surface area contributed by atoms with Crippen LogP contribution < -0.4 is 5.32 Å². The van der Waals surface area contributed by atoms with E-state index in [0.717, 1.165) is 5.56 Å². The van der Waals surface area contributed by atoms with E-state index in [4.69, 9.17) is 23.2 Å². The molecule has 7 nitrogen and oxygen atoms in total. The number of nitrogens with zero attached hydrogens (tertiary/aromatic N) is 2. The summed E-state index contributed by atoms with van der Waals surface area (Å²) in [6.45, 7) is 5.57. The molecule has 4 amide bonds. The molecule has 1 fully saturated rings. The summed E-state index contributed by atoms with van der Waals surface area (Å²) in [5.41, 5.74) is 0.855. The van der Waals surface area contributed by atoms with Crippen LogP contribution >= 0.6 is 23.2 Å². The first-order chi connectivity index (χ1) is 19.0. The Hall–Kier alpha value is -3.16. The first kappa shape index (κ1) is 29.8. The van der Waals surface area contributed by atoms with Crippen LogP contribution in [0.25, 0.3) is 0 Å². The SMILES string of the molecule is CC(C)(C)NC(=O)C(Cc1ccccc1)N(Cc1c(Cl)cccc1Cl)C(=O)CCN1C(=O)[C@H]2CC=CC[C@H]2C1=O. The third-order valence-electron chi connectivity index (χ3n) is 7.31. The van der Waals surface area contributed by atoms with E-state index in [1.807, 2.05) is 63.3 Å². The average molecular weight is 585 g/mol. The van der Waals surface area contributed by atoms with Gasteiger partial charge in [-0.2, -0.15) is 0 Å². The molecule has 0 bridgehead atoms. The number of hydrogen-bond acceptors (Lipinski definition) is 4. The Labute approximate surface area is 245 Å². The molecule has 4 rings (SSSR count). The fourth-order valence-corrected chi connectivity index (χ4v) is 5.82. The van der Waals surface area contributed by atoms with Crippen molar-refractivity contribution in [3.8, 4) is 0 Å². The van der Waals surface area contributed by atoms with Crippen LogP contribution in [0.3, 0.4) is 0 Å². The first-order valence-corrected chi connectivity index (χ1v) is 14.3. The number of carbonyl (C=O) groups excluding carboxylic acids is 4. The van der Waals surface area contributed by atoms with Gasteiger partial charge in [0, 0.05) is 47.1 Å². The summed E-state index contributed by atoms with van der Waals surface area (Å²) < 4.78 is 0. The predicted octanol–water partition coefficient (Wildman–Crippen LogP) is 5.19. The fraction of sp³-hybridized carbons (Fsp3) is 0.419. The van der Waals surface area contributed by atoms with Gasteiger partial charge < -0.3 is 10.2 Å². The van der Waals surface area contributed by atoms with Crippen molar-refractivity contribution in [1.29, 1.82) is 0 Å². The Bertz CT molecular complexity index is 1260. The minimum Gasteiger partial charge on any atom is -0.350 e. The summed E-state index contributed by atoms with van der Waals surface area (Å²) in [7, 11) is 0. The van der Waals surface area contributed by atoms with Crippen LogP contribution in [0, 0.1) is 11.8 Å². The van der Waals surface area contributed by atoms with Crippen molar-refractivity contribution >= 4 is 46.8 Å². The van der Waals surface area contributed by atoms with Gasteiger partial charge in [-0.1, -0.05) is 71.8 Å². The number of imide groups is 1. The lowest BCUT2D eigenvalue weighted by atomic mass is 9.85. The molecule has 40 heavy (non-hydrogen) atoms. The zero-order chi connectivity index (χ0) is 29.0. The highest BCUT2D eigenvalue weighted by Gasteiger charge is 2.47. The van der Waals surface area contributed by atoms with E-state index in [9.17, 15) is 19.2 Å². The molecule has 0 saturated carbocycles. The second-order valence-corrected chi connectivity index (χ2v) is 12.2. The van der Waals surface area contributed by atoms with Crippen molar-refractivity contribution in [2.24, 2.45) is 11.8 Å². The number of likely N-dealkylation sites (tertiary alicyclic amines) is 1. The maximum absolute atomic E-state index is 14.0. The Morgan fingerprint density at radius 3 is 2.08 bits per heavy atom. The minimum absolute atomic E-state index is 0.0105. The molecule has 1 N–H and O–H groups in total. The van der Waals surface area contributed by atoms with Crippen LogP contribution in [0.4, 0.5) is 0 Å². The number of allylic oxidation sites excluding steroid dienone is 2. The molecule has 2 aliphatic rings. The third-order valence-corrected chi connectivity index (χ3v) is 8.02. The zero-order valence-corrected chi connectivity index (χ0v) is 24.5. The number of benzene rings is 2. The Balaban J connectivity index is 1.64. The van der Waals surface area contributed by atoms with E-state index in [2.05, 4.69) is 5.32 Å². The summed E-state index contributed by atoms with van der Waals surface area (Å²) in [5.74, 6) is -1.91. The highest BCUT2D eigenvalue weighted by atomic mass is 35.5. The van der Waals surface area contributed by atoms with Crippen LogP contribution in [0.1, 0.15) is 51.2 Å². The lowest BCUT2D eigenvalue weighted by Crippen LogP contribution is -2.54. The number of fused-ring (bicyclic) bond motifs is 1. The van der Waals surface area contributed by atoms with Crippen molar-refractivity contribution in [2.75, 3.05) is 6.54 Å². The summed E-state index contributed by atoms with van der Waals surface area (Å²) in [5, 5.41) is 3.76. The molecule has 0 aromatic heterocycles. The van der Waals surface area contributed by atoms with Crippen molar-refractivity contribution < 1.29 is 19.2 Å². The van der Waals surface area contributed by atoms with Gasteiger partial charge in [-0.25, -0.2) is 0 Å². The molecule has 2 aromatic carbocycles. The van der Waals surface area contributed by atoms with Crippen molar-refractivity contribution in [3.63, 3.8) is 0 Å². The Kier molecular flexibility index (Phi) is 9.37. The van der Waals surface area contributed by atoms with Gasteiger partial charge in [0.1, 0.15) is 6.04 Å². The fourth-order valence-electron chi connectivity index (χ4n) is 5.30. The van der Waals surface area contributed by atoms with Crippen LogP contribution in [-0.2, 0) is 32.1 Å². The van der Waals surface area contributed by atoms with Gasteiger partial charge in [-0.15, -0.1) is 0 Å². The molecule has 0 radical (unpaired) electrons. The molecule has 9 heteroatoms. The van der Waals surface area contributed by atoms with Crippen LogP contribution in [0.5, 0.6) is 0 Å². The standard InChI is InChI=1S/C31H35Cl2N3O4/c1-31(2,3)34-28(38)26(18-20-10-5-4-6-11-20)36(19-23-24(32)14-9-15-25(23)33)27(37)16-17-35-29(39)21-12-7-8-13-22(21)30(35)40/h4-11,14-15,21-22,26H,12-13,16-19H2,1-3H3,(H,34,38)/t21-,22+,26?. The average Bonchev–Trinajstić information content (AvgIpc) is 3.15. The maximum atomic E-state index is 14.0. The number of amides is 4. The summed E-state index contributed by atoms with van der Waals surface area (Å²) in [6.07, 6.45) is 5.05. The zero-order valence-electron chi connectivity index (χ0n) is 23.0. The predicted molar refractivity (Wildman–Crippen MR) is 156 cm³/mol. The van der Waals surface area contributed by atoms with Gasteiger partial charge in [0.15, 0.2) is 0 Å². The molecule has 1 aliphatic heterocycles. The van der Waals surface area contributed by atoms with Gasteiger partial charge in [0.25, 0.3) is 0 Å². The number of hydrogen-bond donors (Lipinski definition) is 1. The summed E-state index contributed by atoms with van der Waals surface area (Å²) in [6, 6.07) is 13.6. The number of rotatable bonds is 9. The number of carbonyl (C=O) groups is 4. The molecular weight excluding hydrogens is 549 g/mol. The molecule has 1 aliphatic carbocycles. The second-order valence-electron chi connectivity index (χ2n) is 11.4. The molecule has 1 saturated heterocycles. The van der Waals surface area contributed by atoms with Gasteiger partial charge in [0.2, 0.25) is 23.6 Å². The first-order valence-electron chi connectivity index (χ1n) is 13.5. The van der Waals surface area contributed by atoms with Gasteiger partial charge >= 0.3 is 0 Å². The number of halogens is 2. The largest absolute Gasteiger partial charge is 0.350 e. The van der Waals surface area contributed by atoms with Gasteiger partial charge in [-0.3, -0.25) is 24.1 Å². The van der Waals surface area contributed by atoms with Gasteiger partial charge in [-0.05, 0) is 51.3 Å². The lowest BCUT2D eigenvalue weighted by molar-refractivity contribution is -0.144. The van der Waals surface area contributed by atoms with Crippen LogP contribution in [0.2, 0.25) is 10.0 Å². The molecule has 212 valence electrons. The number of nitrogens with one attached hydrogen (secondary N) is 1.